The molecule has 0 aliphatic carbocycles. The molecule has 0 saturated carbocycles. The maximum absolute atomic E-state index is 11.9. The number of ether oxygens (including phenoxy) is 1. The van der Waals surface area contributed by atoms with Crippen LogP contribution in [0, 0.1) is 13.8 Å². The second-order valence-corrected chi connectivity index (χ2v) is 6.54. The van der Waals surface area contributed by atoms with Crippen LogP contribution in [0.5, 0.6) is 0 Å². The number of urea groups is 1. The number of amides is 3. The summed E-state index contributed by atoms with van der Waals surface area (Å²) in [5.41, 5.74) is 2.40. The van der Waals surface area contributed by atoms with Crippen molar-refractivity contribution in [2.24, 2.45) is 0 Å². The van der Waals surface area contributed by atoms with Gasteiger partial charge in [0.25, 0.3) is 5.91 Å². The van der Waals surface area contributed by atoms with E-state index in [-0.39, 0.29) is 0 Å². The topological polar surface area (TPSA) is 84.5 Å². The highest BCUT2D eigenvalue weighted by atomic mass is 32.1. The minimum Gasteiger partial charge on any atom is -0.452 e. The van der Waals surface area contributed by atoms with Crippen molar-refractivity contribution >= 4 is 29.2 Å². The van der Waals surface area contributed by atoms with Crippen LogP contribution in [0.2, 0.25) is 0 Å². The molecule has 2 N–H and O–H groups in total. The Hall–Kier alpha value is -2.67. The van der Waals surface area contributed by atoms with Gasteiger partial charge >= 0.3 is 12.0 Å². The number of aryl methyl sites for hydroxylation is 2. The molecule has 0 spiro atoms. The lowest BCUT2D eigenvalue weighted by molar-refractivity contribution is -0.123. The maximum Gasteiger partial charge on any atom is 0.338 e. The van der Waals surface area contributed by atoms with E-state index >= 15 is 0 Å². The second-order valence-electron chi connectivity index (χ2n) is 5.51. The summed E-state index contributed by atoms with van der Waals surface area (Å²) < 4.78 is 4.92. The van der Waals surface area contributed by atoms with E-state index in [9.17, 15) is 14.4 Å². The Labute approximate surface area is 150 Å². The number of hydrogen-bond acceptors (Lipinski definition) is 5. The molecule has 2 aromatic rings. The van der Waals surface area contributed by atoms with Crippen LogP contribution in [0.1, 0.15) is 26.4 Å². The molecule has 0 bridgehead atoms. The Morgan fingerprint density at radius 1 is 1.12 bits per heavy atom. The number of rotatable bonds is 6. The third kappa shape index (κ3) is 6.04. The van der Waals surface area contributed by atoms with Gasteiger partial charge in [-0.1, -0.05) is 12.1 Å². The Balaban J connectivity index is 1.69. The summed E-state index contributed by atoms with van der Waals surface area (Å²) in [5, 5.41) is 6.67. The molecule has 1 heterocycles. The number of hydrogen-bond donors (Lipinski definition) is 2. The summed E-state index contributed by atoms with van der Waals surface area (Å²) in [4.78, 5) is 36.3. The van der Waals surface area contributed by atoms with Crippen LogP contribution in [0.3, 0.4) is 0 Å². The van der Waals surface area contributed by atoms with Gasteiger partial charge in [-0.2, -0.15) is 0 Å². The lowest BCUT2D eigenvalue weighted by atomic mass is 10.1. The van der Waals surface area contributed by atoms with Crippen molar-refractivity contribution in [2.75, 3.05) is 13.2 Å². The molecular weight excluding hydrogens is 340 g/mol. The van der Waals surface area contributed by atoms with E-state index < -0.39 is 24.5 Å². The normalized spacial score (nSPS) is 10.2. The highest BCUT2D eigenvalue weighted by Crippen LogP contribution is 2.11. The van der Waals surface area contributed by atoms with E-state index in [1.54, 1.807) is 23.5 Å². The highest BCUT2D eigenvalue weighted by Gasteiger charge is 2.13. The van der Waals surface area contributed by atoms with E-state index in [0.29, 0.717) is 18.5 Å². The zero-order chi connectivity index (χ0) is 18.2. The number of thiophene rings is 1. The molecule has 132 valence electrons. The Morgan fingerprint density at radius 2 is 1.92 bits per heavy atom. The zero-order valence-corrected chi connectivity index (χ0v) is 14.9. The molecular formula is C18H20N2O4S. The molecule has 0 aliphatic rings. The molecule has 0 aliphatic heterocycles. The summed E-state index contributed by atoms with van der Waals surface area (Å²) >= 11 is 1.60. The van der Waals surface area contributed by atoms with Crippen LogP contribution in [0.4, 0.5) is 4.79 Å². The van der Waals surface area contributed by atoms with Gasteiger partial charge in [0, 0.05) is 11.4 Å². The van der Waals surface area contributed by atoms with Crippen LogP contribution in [-0.4, -0.2) is 31.1 Å². The van der Waals surface area contributed by atoms with Gasteiger partial charge in [0.2, 0.25) is 0 Å². The standard InChI is InChI=1S/C18H20N2O4S/c1-12-5-6-14(10-13(12)2)17(22)24-11-16(21)20-18(23)19-8-7-15-4-3-9-25-15/h3-6,9-10H,7-8,11H2,1-2H3,(H2,19,20,21,23). The van der Waals surface area contributed by atoms with E-state index in [4.69, 9.17) is 4.74 Å². The lowest BCUT2D eigenvalue weighted by Gasteiger charge is -2.08. The summed E-state index contributed by atoms with van der Waals surface area (Å²) in [6.07, 6.45) is 0.695. The summed E-state index contributed by atoms with van der Waals surface area (Å²) in [6.45, 7) is 3.74. The van der Waals surface area contributed by atoms with Gasteiger partial charge in [0.05, 0.1) is 5.56 Å². The average Bonchev–Trinajstić information content (AvgIpc) is 3.08. The van der Waals surface area contributed by atoms with Crippen LogP contribution < -0.4 is 10.6 Å². The largest absolute Gasteiger partial charge is 0.452 e. The minimum absolute atomic E-state index is 0.372. The number of carbonyl (C=O) groups excluding carboxylic acids is 3. The molecule has 6 nitrogen and oxygen atoms in total. The van der Waals surface area contributed by atoms with Gasteiger partial charge in [-0.05, 0) is 55.0 Å². The molecule has 3 amide bonds. The van der Waals surface area contributed by atoms with Crippen molar-refractivity contribution in [1.82, 2.24) is 10.6 Å². The number of benzene rings is 1. The first kappa shape index (κ1) is 18.7. The monoisotopic (exact) mass is 360 g/mol. The van der Waals surface area contributed by atoms with E-state index in [2.05, 4.69) is 10.6 Å². The lowest BCUT2D eigenvalue weighted by Crippen LogP contribution is -2.42. The van der Waals surface area contributed by atoms with Crippen molar-refractivity contribution < 1.29 is 19.1 Å². The smallest absolute Gasteiger partial charge is 0.338 e. The number of nitrogens with one attached hydrogen (secondary N) is 2. The van der Waals surface area contributed by atoms with Gasteiger partial charge in [-0.25, -0.2) is 9.59 Å². The maximum atomic E-state index is 11.9. The molecule has 0 saturated heterocycles. The average molecular weight is 360 g/mol. The predicted molar refractivity (Wildman–Crippen MR) is 95.8 cm³/mol. The van der Waals surface area contributed by atoms with Gasteiger partial charge in [-0.15, -0.1) is 11.3 Å². The number of carbonyl (C=O) groups is 3. The zero-order valence-electron chi connectivity index (χ0n) is 14.1. The van der Waals surface area contributed by atoms with Crippen molar-refractivity contribution in [3.05, 3.63) is 57.3 Å². The first-order valence-corrected chi connectivity index (χ1v) is 8.68. The second kappa shape index (κ2) is 8.98. The Bertz CT molecular complexity index is 756. The van der Waals surface area contributed by atoms with Gasteiger partial charge < -0.3 is 10.1 Å². The van der Waals surface area contributed by atoms with Crippen molar-refractivity contribution in [1.29, 1.82) is 0 Å². The molecule has 1 aromatic carbocycles. The number of esters is 1. The van der Waals surface area contributed by atoms with E-state index in [1.807, 2.05) is 37.4 Å². The van der Waals surface area contributed by atoms with E-state index in [0.717, 1.165) is 16.0 Å². The molecule has 0 unspecified atom stereocenters. The van der Waals surface area contributed by atoms with Crippen LogP contribution in [-0.2, 0) is 16.0 Å². The summed E-state index contributed by atoms with van der Waals surface area (Å²) in [6, 6.07) is 8.46. The van der Waals surface area contributed by atoms with E-state index in [1.165, 1.54) is 0 Å². The molecule has 25 heavy (non-hydrogen) atoms. The molecule has 0 fully saturated rings. The van der Waals surface area contributed by atoms with Crippen LogP contribution in [0.15, 0.2) is 35.7 Å². The van der Waals surface area contributed by atoms with Crippen molar-refractivity contribution in [3.8, 4) is 0 Å². The van der Waals surface area contributed by atoms with Gasteiger partial charge in [0.15, 0.2) is 6.61 Å². The van der Waals surface area contributed by atoms with Crippen molar-refractivity contribution in [2.45, 2.75) is 20.3 Å². The first-order valence-electron chi connectivity index (χ1n) is 7.80. The molecule has 1 aromatic heterocycles. The van der Waals surface area contributed by atoms with Crippen LogP contribution >= 0.6 is 11.3 Å². The quantitative estimate of drug-likeness (QED) is 0.776. The van der Waals surface area contributed by atoms with Crippen LogP contribution in [0.25, 0.3) is 0 Å². The highest BCUT2D eigenvalue weighted by molar-refractivity contribution is 7.09. The Morgan fingerprint density at radius 3 is 2.60 bits per heavy atom. The summed E-state index contributed by atoms with van der Waals surface area (Å²) in [7, 11) is 0. The Kier molecular flexibility index (Phi) is 6.71. The molecule has 2 rings (SSSR count). The first-order chi connectivity index (χ1) is 12.0. The number of imide groups is 1. The molecule has 7 heteroatoms. The fraction of sp³-hybridized carbons (Fsp3) is 0.278. The molecule has 0 radical (unpaired) electrons. The fourth-order valence-electron chi connectivity index (χ4n) is 2.04. The predicted octanol–water partition coefficient (Wildman–Crippen LogP) is 2.59. The fourth-order valence-corrected chi connectivity index (χ4v) is 2.75. The third-order valence-electron chi connectivity index (χ3n) is 3.57. The van der Waals surface area contributed by atoms with Crippen molar-refractivity contribution in [3.63, 3.8) is 0 Å². The minimum atomic E-state index is -0.675. The SMILES string of the molecule is Cc1ccc(C(=O)OCC(=O)NC(=O)NCCc2cccs2)cc1C. The van der Waals surface area contributed by atoms with Gasteiger partial charge in [0.1, 0.15) is 0 Å². The summed E-state index contributed by atoms with van der Waals surface area (Å²) in [5.74, 6) is -1.28. The third-order valence-corrected chi connectivity index (χ3v) is 4.50. The molecule has 0 atom stereocenters. The van der Waals surface area contributed by atoms with Gasteiger partial charge in [-0.3, -0.25) is 10.1 Å².